The van der Waals surface area contributed by atoms with Crippen molar-refractivity contribution in [2.45, 2.75) is 38.9 Å². The van der Waals surface area contributed by atoms with Crippen molar-refractivity contribution in [3.8, 4) is 0 Å². The van der Waals surface area contributed by atoms with E-state index >= 15 is 0 Å². The number of thiophene rings is 1. The van der Waals surface area contributed by atoms with E-state index in [1.807, 2.05) is 16.3 Å². The van der Waals surface area contributed by atoms with E-state index in [0.29, 0.717) is 13.1 Å². The average molecular weight is 307 g/mol. The predicted octanol–water partition coefficient (Wildman–Crippen LogP) is 1.33. The van der Waals surface area contributed by atoms with Crippen LogP contribution < -0.4 is 0 Å². The Hall–Kier alpha value is -1.80. The maximum atomic E-state index is 11.7. The molecule has 0 spiro atoms. The molecule has 0 aromatic carbocycles. The fourth-order valence-electron chi connectivity index (χ4n) is 2.73. The predicted molar refractivity (Wildman–Crippen MR) is 76.9 cm³/mol. The standard InChI is InChI=1S/C13H17N5O2S/c1-2-5-18-11(14-15-16-18)8-17-6-3-10-9(4-7-21-10)12(17)13(19)20/h4,7,12H,2-3,5-6,8H2,1H3,(H,19,20). The minimum atomic E-state index is -0.816. The van der Waals surface area contributed by atoms with Gasteiger partial charge in [-0.2, -0.15) is 0 Å². The van der Waals surface area contributed by atoms with Gasteiger partial charge in [0.25, 0.3) is 0 Å². The van der Waals surface area contributed by atoms with Gasteiger partial charge in [0.2, 0.25) is 0 Å². The molecule has 21 heavy (non-hydrogen) atoms. The van der Waals surface area contributed by atoms with Crippen LogP contribution >= 0.6 is 11.3 Å². The van der Waals surface area contributed by atoms with E-state index in [1.54, 1.807) is 16.0 Å². The number of rotatable bonds is 5. The summed E-state index contributed by atoms with van der Waals surface area (Å²) in [7, 11) is 0. The van der Waals surface area contributed by atoms with Crippen LogP contribution in [0.5, 0.6) is 0 Å². The molecule has 0 amide bonds. The van der Waals surface area contributed by atoms with Gasteiger partial charge in [-0.3, -0.25) is 9.69 Å². The number of fused-ring (bicyclic) bond motifs is 1. The molecule has 1 aliphatic heterocycles. The second-order valence-electron chi connectivity index (χ2n) is 5.08. The van der Waals surface area contributed by atoms with E-state index in [4.69, 9.17) is 0 Å². The minimum Gasteiger partial charge on any atom is -0.480 e. The van der Waals surface area contributed by atoms with Crippen LogP contribution in [0.2, 0.25) is 0 Å². The summed E-state index contributed by atoms with van der Waals surface area (Å²) >= 11 is 1.63. The van der Waals surface area contributed by atoms with Crippen LogP contribution in [0.3, 0.4) is 0 Å². The van der Waals surface area contributed by atoms with Crippen LogP contribution in [0.1, 0.15) is 35.7 Å². The second kappa shape index (κ2) is 5.90. The molecular formula is C13H17N5O2S. The van der Waals surface area contributed by atoms with Gasteiger partial charge in [-0.25, -0.2) is 4.68 Å². The molecule has 0 saturated carbocycles. The number of aryl methyl sites for hydroxylation is 1. The molecule has 0 radical (unpaired) electrons. The Labute approximate surface area is 126 Å². The van der Waals surface area contributed by atoms with Gasteiger partial charge in [0.05, 0.1) is 6.54 Å². The normalized spacial score (nSPS) is 18.6. The molecule has 8 heteroatoms. The number of carbonyl (C=O) groups is 1. The van der Waals surface area contributed by atoms with Gasteiger partial charge in [-0.15, -0.1) is 16.4 Å². The largest absolute Gasteiger partial charge is 0.480 e. The molecular weight excluding hydrogens is 290 g/mol. The first-order valence-electron chi connectivity index (χ1n) is 6.99. The first-order chi connectivity index (χ1) is 10.2. The lowest BCUT2D eigenvalue weighted by molar-refractivity contribution is -0.144. The summed E-state index contributed by atoms with van der Waals surface area (Å²) in [5.41, 5.74) is 0.910. The highest BCUT2D eigenvalue weighted by Gasteiger charge is 2.34. The van der Waals surface area contributed by atoms with Crippen LogP contribution in [0.4, 0.5) is 0 Å². The third-order valence-corrected chi connectivity index (χ3v) is 4.68. The van der Waals surface area contributed by atoms with E-state index in [9.17, 15) is 9.90 Å². The fraction of sp³-hybridized carbons (Fsp3) is 0.538. The van der Waals surface area contributed by atoms with Crippen LogP contribution in [-0.2, 0) is 24.3 Å². The maximum absolute atomic E-state index is 11.7. The number of carboxylic acids is 1. The molecule has 2 aromatic rings. The van der Waals surface area contributed by atoms with Gasteiger partial charge in [0.15, 0.2) is 5.82 Å². The van der Waals surface area contributed by atoms with Crippen molar-refractivity contribution in [1.29, 1.82) is 0 Å². The zero-order valence-corrected chi connectivity index (χ0v) is 12.6. The van der Waals surface area contributed by atoms with Crippen molar-refractivity contribution in [1.82, 2.24) is 25.1 Å². The lowest BCUT2D eigenvalue weighted by Gasteiger charge is -2.32. The highest BCUT2D eigenvalue weighted by Crippen LogP contribution is 2.34. The molecule has 0 bridgehead atoms. The number of carboxylic acid groups (broad SMARTS) is 1. The molecule has 0 fully saturated rings. The molecule has 0 saturated heterocycles. The van der Waals surface area contributed by atoms with Crippen molar-refractivity contribution in [2.75, 3.05) is 6.54 Å². The zero-order chi connectivity index (χ0) is 14.8. The van der Waals surface area contributed by atoms with Gasteiger partial charge in [0, 0.05) is 18.0 Å². The van der Waals surface area contributed by atoms with Gasteiger partial charge >= 0.3 is 5.97 Å². The summed E-state index contributed by atoms with van der Waals surface area (Å²) in [6.45, 7) is 3.98. The number of nitrogens with zero attached hydrogens (tertiary/aromatic N) is 5. The molecule has 1 unspecified atom stereocenters. The van der Waals surface area contributed by atoms with Crippen LogP contribution in [0.15, 0.2) is 11.4 Å². The van der Waals surface area contributed by atoms with Crippen molar-refractivity contribution >= 4 is 17.3 Å². The summed E-state index contributed by atoms with van der Waals surface area (Å²) in [5, 5.41) is 23.2. The Morgan fingerprint density at radius 2 is 2.43 bits per heavy atom. The quantitative estimate of drug-likeness (QED) is 0.897. The van der Waals surface area contributed by atoms with Crippen molar-refractivity contribution in [3.63, 3.8) is 0 Å². The summed E-state index contributed by atoms with van der Waals surface area (Å²) in [5.74, 6) is -0.0920. The van der Waals surface area contributed by atoms with Crippen LogP contribution in [-0.4, -0.2) is 42.7 Å². The Kier molecular flexibility index (Phi) is 3.98. The molecule has 112 valence electrons. The number of aliphatic carboxylic acids is 1. The molecule has 2 aromatic heterocycles. The third-order valence-electron chi connectivity index (χ3n) is 3.69. The lowest BCUT2D eigenvalue weighted by Crippen LogP contribution is -2.39. The van der Waals surface area contributed by atoms with Gasteiger partial charge in [0.1, 0.15) is 6.04 Å². The molecule has 3 rings (SSSR count). The maximum Gasteiger partial charge on any atom is 0.325 e. The fourth-order valence-corrected chi connectivity index (χ4v) is 3.64. The van der Waals surface area contributed by atoms with E-state index in [2.05, 4.69) is 22.4 Å². The first kappa shape index (κ1) is 14.2. The second-order valence-corrected chi connectivity index (χ2v) is 6.08. The first-order valence-corrected chi connectivity index (χ1v) is 7.86. The van der Waals surface area contributed by atoms with Crippen LogP contribution in [0, 0.1) is 0 Å². The van der Waals surface area contributed by atoms with Crippen molar-refractivity contribution in [2.24, 2.45) is 0 Å². The summed E-state index contributed by atoms with van der Waals surface area (Å²) in [6.07, 6.45) is 1.82. The van der Waals surface area contributed by atoms with Crippen molar-refractivity contribution in [3.05, 3.63) is 27.7 Å². The number of hydrogen-bond acceptors (Lipinski definition) is 6. The highest BCUT2D eigenvalue weighted by molar-refractivity contribution is 7.10. The zero-order valence-electron chi connectivity index (χ0n) is 11.8. The van der Waals surface area contributed by atoms with Gasteiger partial charge in [-0.1, -0.05) is 6.92 Å². The monoisotopic (exact) mass is 307 g/mol. The van der Waals surface area contributed by atoms with E-state index in [0.717, 1.165) is 30.8 Å². The summed E-state index contributed by atoms with van der Waals surface area (Å²) < 4.78 is 1.75. The Morgan fingerprint density at radius 1 is 1.57 bits per heavy atom. The summed E-state index contributed by atoms with van der Waals surface area (Å²) in [6, 6.07) is 1.31. The average Bonchev–Trinajstić information content (AvgIpc) is 3.08. The highest BCUT2D eigenvalue weighted by atomic mass is 32.1. The Balaban J connectivity index is 1.85. The third kappa shape index (κ3) is 2.68. The minimum absolute atomic E-state index is 0.458. The number of hydrogen-bond donors (Lipinski definition) is 1. The van der Waals surface area contributed by atoms with E-state index in [-0.39, 0.29) is 0 Å². The van der Waals surface area contributed by atoms with E-state index < -0.39 is 12.0 Å². The number of tetrazole rings is 1. The Morgan fingerprint density at radius 3 is 3.19 bits per heavy atom. The molecule has 7 nitrogen and oxygen atoms in total. The summed E-state index contributed by atoms with van der Waals surface area (Å²) in [4.78, 5) is 14.8. The van der Waals surface area contributed by atoms with E-state index in [1.165, 1.54) is 4.88 Å². The molecule has 1 N–H and O–H groups in total. The van der Waals surface area contributed by atoms with Gasteiger partial charge < -0.3 is 5.11 Å². The molecule has 3 heterocycles. The van der Waals surface area contributed by atoms with Crippen molar-refractivity contribution < 1.29 is 9.90 Å². The molecule has 1 aliphatic rings. The van der Waals surface area contributed by atoms with Crippen LogP contribution in [0.25, 0.3) is 0 Å². The molecule has 0 aliphatic carbocycles. The Bertz CT molecular complexity index is 638. The SMILES string of the molecule is CCCn1nnnc1CN1CCc2sccc2C1C(=O)O. The number of aromatic nitrogens is 4. The smallest absolute Gasteiger partial charge is 0.325 e. The van der Waals surface area contributed by atoms with Gasteiger partial charge in [-0.05, 0) is 40.3 Å². The molecule has 1 atom stereocenters. The topological polar surface area (TPSA) is 84.1 Å². The lowest BCUT2D eigenvalue weighted by atomic mass is 10.00.